The van der Waals surface area contributed by atoms with E-state index < -0.39 is 11.6 Å². The number of nitrogens with one attached hydrogen (secondary N) is 1. The van der Waals surface area contributed by atoms with Crippen LogP contribution in [0.3, 0.4) is 0 Å². The molecule has 1 aromatic carbocycles. The van der Waals surface area contributed by atoms with Crippen molar-refractivity contribution in [3.05, 3.63) is 35.4 Å². The molecule has 1 aliphatic carbocycles. The van der Waals surface area contributed by atoms with Crippen LogP contribution in [0.4, 0.5) is 8.78 Å². The van der Waals surface area contributed by atoms with E-state index in [9.17, 15) is 13.6 Å². The quantitative estimate of drug-likeness (QED) is 0.821. The number of carbonyl (C=O) groups excluding carboxylic acids is 1. The van der Waals surface area contributed by atoms with Gasteiger partial charge in [0.1, 0.15) is 11.6 Å². The summed E-state index contributed by atoms with van der Waals surface area (Å²) in [7, 11) is 0. The fourth-order valence-electron chi connectivity index (χ4n) is 1.74. The van der Waals surface area contributed by atoms with E-state index >= 15 is 0 Å². The van der Waals surface area contributed by atoms with E-state index in [0.29, 0.717) is 12.5 Å². The molecule has 1 atom stereocenters. The number of hydrogen-bond donors (Lipinski definition) is 1. The Bertz CT molecular complexity index is 449. The summed E-state index contributed by atoms with van der Waals surface area (Å²) in [5.41, 5.74) is 0.187. The van der Waals surface area contributed by atoms with Gasteiger partial charge in [-0.25, -0.2) is 8.78 Å². The van der Waals surface area contributed by atoms with E-state index in [1.807, 2.05) is 0 Å². The number of benzene rings is 1. The van der Waals surface area contributed by atoms with Gasteiger partial charge >= 0.3 is 0 Å². The van der Waals surface area contributed by atoms with E-state index in [-0.39, 0.29) is 23.3 Å². The maximum absolute atomic E-state index is 13.3. The van der Waals surface area contributed by atoms with Crippen molar-refractivity contribution in [2.45, 2.75) is 24.6 Å². The standard InChI is InChI=1S/C13H14ClF2NO/c14-11(8-1-2-8)7-17-13(18)5-9-3-4-10(15)6-12(9)16/h3-4,6,8,11H,1-2,5,7H2,(H,17,18). The lowest BCUT2D eigenvalue weighted by atomic mass is 10.1. The zero-order chi connectivity index (χ0) is 13.1. The van der Waals surface area contributed by atoms with Gasteiger partial charge in [-0.05, 0) is 30.4 Å². The van der Waals surface area contributed by atoms with Crippen molar-refractivity contribution in [3.63, 3.8) is 0 Å². The van der Waals surface area contributed by atoms with Crippen LogP contribution in [0.15, 0.2) is 18.2 Å². The summed E-state index contributed by atoms with van der Waals surface area (Å²) in [4.78, 5) is 11.6. The van der Waals surface area contributed by atoms with Crippen LogP contribution in [-0.4, -0.2) is 17.8 Å². The van der Waals surface area contributed by atoms with Gasteiger partial charge in [-0.2, -0.15) is 0 Å². The van der Waals surface area contributed by atoms with Crippen molar-refractivity contribution in [2.24, 2.45) is 5.92 Å². The number of hydrogen-bond acceptors (Lipinski definition) is 1. The van der Waals surface area contributed by atoms with Gasteiger partial charge in [0.25, 0.3) is 0 Å². The predicted octanol–water partition coefficient (Wildman–Crippen LogP) is 2.64. The highest BCUT2D eigenvalue weighted by Gasteiger charge is 2.29. The minimum Gasteiger partial charge on any atom is -0.354 e. The third kappa shape index (κ3) is 3.67. The Morgan fingerprint density at radius 2 is 2.17 bits per heavy atom. The number of halogens is 3. The Kier molecular flexibility index (Phi) is 4.17. The van der Waals surface area contributed by atoms with Crippen LogP contribution in [0.2, 0.25) is 0 Å². The molecular formula is C13H14ClF2NO. The Labute approximate surface area is 109 Å². The van der Waals surface area contributed by atoms with Crippen molar-refractivity contribution in [1.29, 1.82) is 0 Å². The van der Waals surface area contributed by atoms with E-state index in [4.69, 9.17) is 11.6 Å². The lowest BCUT2D eigenvalue weighted by Gasteiger charge is -2.10. The Morgan fingerprint density at radius 1 is 1.44 bits per heavy atom. The Morgan fingerprint density at radius 3 is 2.78 bits per heavy atom. The maximum Gasteiger partial charge on any atom is 0.224 e. The highest BCUT2D eigenvalue weighted by molar-refractivity contribution is 6.21. The largest absolute Gasteiger partial charge is 0.354 e. The first-order valence-electron chi connectivity index (χ1n) is 5.91. The molecule has 1 N–H and O–H groups in total. The summed E-state index contributed by atoms with van der Waals surface area (Å²) in [6.07, 6.45) is 2.12. The number of rotatable bonds is 5. The SMILES string of the molecule is O=C(Cc1ccc(F)cc1F)NCC(Cl)C1CC1. The van der Waals surface area contributed by atoms with Crippen molar-refractivity contribution in [1.82, 2.24) is 5.32 Å². The third-order valence-electron chi connectivity index (χ3n) is 2.99. The molecule has 2 nitrogen and oxygen atoms in total. The normalized spacial score (nSPS) is 16.4. The predicted molar refractivity (Wildman–Crippen MR) is 65.4 cm³/mol. The number of alkyl halides is 1. The van der Waals surface area contributed by atoms with Gasteiger partial charge in [-0.3, -0.25) is 4.79 Å². The maximum atomic E-state index is 13.3. The van der Waals surface area contributed by atoms with Crippen molar-refractivity contribution in [2.75, 3.05) is 6.54 Å². The molecule has 0 saturated heterocycles. The molecule has 1 aromatic rings. The van der Waals surface area contributed by atoms with Gasteiger partial charge < -0.3 is 5.32 Å². The average Bonchev–Trinajstić information content (AvgIpc) is 3.14. The molecule has 0 heterocycles. The third-order valence-corrected chi connectivity index (χ3v) is 3.50. The minimum atomic E-state index is -0.699. The average molecular weight is 274 g/mol. The molecule has 0 aliphatic heterocycles. The lowest BCUT2D eigenvalue weighted by Crippen LogP contribution is -2.31. The van der Waals surface area contributed by atoms with Gasteiger partial charge in [0.05, 0.1) is 11.8 Å². The highest BCUT2D eigenvalue weighted by atomic mass is 35.5. The van der Waals surface area contributed by atoms with Gasteiger partial charge in [0.2, 0.25) is 5.91 Å². The molecule has 1 saturated carbocycles. The molecule has 0 bridgehead atoms. The monoisotopic (exact) mass is 273 g/mol. The summed E-state index contributed by atoms with van der Waals surface area (Å²) >= 11 is 6.04. The summed E-state index contributed by atoms with van der Waals surface area (Å²) < 4.78 is 26.0. The van der Waals surface area contributed by atoms with Crippen LogP contribution in [0.25, 0.3) is 0 Å². The highest BCUT2D eigenvalue weighted by Crippen LogP contribution is 2.35. The van der Waals surface area contributed by atoms with Crippen molar-refractivity contribution < 1.29 is 13.6 Å². The molecule has 0 radical (unpaired) electrons. The van der Waals surface area contributed by atoms with Crippen LogP contribution < -0.4 is 5.32 Å². The summed E-state index contributed by atoms with van der Waals surface area (Å²) in [6.45, 7) is 0.397. The summed E-state index contributed by atoms with van der Waals surface area (Å²) in [5.74, 6) is -1.15. The fraction of sp³-hybridized carbons (Fsp3) is 0.462. The van der Waals surface area contributed by atoms with Crippen LogP contribution >= 0.6 is 11.6 Å². The molecule has 18 heavy (non-hydrogen) atoms. The second-order valence-electron chi connectivity index (χ2n) is 4.57. The van der Waals surface area contributed by atoms with Gasteiger partial charge in [0, 0.05) is 12.6 Å². The molecule has 98 valence electrons. The first-order chi connectivity index (χ1) is 8.56. The van der Waals surface area contributed by atoms with Crippen LogP contribution in [0.1, 0.15) is 18.4 Å². The Balaban J connectivity index is 1.82. The molecule has 1 aliphatic rings. The summed E-state index contributed by atoms with van der Waals surface area (Å²) in [5, 5.41) is 2.61. The minimum absolute atomic E-state index is 0.0491. The molecule has 1 fully saturated rings. The molecule has 2 rings (SSSR count). The molecule has 0 spiro atoms. The second-order valence-corrected chi connectivity index (χ2v) is 5.13. The van der Waals surface area contributed by atoms with E-state index in [1.54, 1.807) is 0 Å². The first-order valence-corrected chi connectivity index (χ1v) is 6.34. The van der Waals surface area contributed by atoms with E-state index in [1.165, 1.54) is 6.07 Å². The Hall–Kier alpha value is -1.16. The molecule has 5 heteroatoms. The zero-order valence-electron chi connectivity index (χ0n) is 9.76. The van der Waals surface area contributed by atoms with E-state index in [0.717, 1.165) is 25.0 Å². The van der Waals surface area contributed by atoms with Crippen LogP contribution in [-0.2, 0) is 11.2 Å². The zero-order valence-corrected chi connectivity index (χ0v) is 10.5. The fourth-order valence-corrected chi connectivity index (χ4v) is 2.07. The first kappa shape index (κ1) is 13.3. The topological polar surface area (TPSA) is 29.1 Å². The molecule has 1 amide bonds. The molecular weight excluding hydrogens is 260 g/mol. The van der Waals surface area contributed by atoms with Gasteiger partial charge in [0.15, 0.2) is 0 Å². The lowest BCUT2D eigenvalue weighted by molar-refractivity contribution is -0.120. The van der Waals surface area contributed by atoms with Crippen LogP contribution in [0, 0.1) is 17.6 Å². The number of amides is 1. The van der Waals surface area contributed by atoms with Gasteiger partial charge in [-0.1, -0.05) is 6.07 Å². The smallest absolute Gasteiger partial charge is 0.224 e. The number of carbonyl (C=O) groups is 1. The van der Waals surface area contributed by atoms with Gasteiger partial charge in [-0.15, -0.1) is 11.6 Å². The van der Waals surface area contributed by atoms with Crippen molar-refractivity contribution >= 4 is 17.5 Å². The molecule has 0 aromatic heterocycles. The summed E-state index contributed by atoms with van der Waals surface area (Å²) in [6, 6.07) is 3.20. The van der Waals surface area contributed by atoms with Crippen molar-refractivity contribution in [3.8, 4) is 0 Å². The van der Waals surface area contributed by atoms with Crippen LogP contribution in [0.5, 0.6) is 0 Å². The second kappa shape index (κ2) is 5.65. The molecule has 1 unspecified atom stereocenters. The van der Waals surface area contributed by atoms with E-state index in [2.05, 4.69) is 5.32 Å².